The fourth-order valence-corrected chi connectivity index (χ4v) is 6.17. The van der Waals surface area contributed by atoms with E-state index in [0.29, 0.717) is 0 Å². The highest BCUT2D eigenvalue weighted by atomic mass is 19.2. The molecule has 0 atom stereocenters. The molecule has 5 rings (SSSR count). The third-order valence-corrected chi connectivity index (χ3v) is 7.66. The van der Waals surface area contributed by atoms with E-state index in [1.165, 1.54) is 22.0 Å². The number of benzene rings is 1. The summed E-state index contributed by atoms with van der Waals surface area (Å²) in [5.74, 6) is 0. The highest BCUT2D eigenvalue weighted by Crippen LogP contribution is 2.46. The zero-order chi connectivity index (χ0) is 22.6. The largest absolute Gasteiger partial charge is 0.677 e. The maximum Gasteiger partial charge on any atom is 0.677 e. The van der Waals surface area contributed by atoms with Crippen molar-refractivity contribution in [3.8, 4) is 0 Å². The molecule has 0 spiro atoms. The Kier molecular flexibility index (Phi) is 5.47. The molecule has 0 radical (unpaired) electrons. The van der Waals surface area contributed by atoms with E-state index in [0.717, 1.165) is 101 Å². The fraction of sp³-hybridized carbons (Fsp3) is 0.444. The number of rotatable bonds is 3. The van der Waals surface area contributed by atoms with Gasteiger partial charge in [-0.2, -0.15) is 0 Å². The van der Waals surface area contributed by atoms with Crippen molar-refractivity contribution in [2.45, 2.75) is 79.1 Å². The minimum atomic E-state index is -2.57. The summed E-state index contributed by atoms with van der Waals surface area (Å²) in [6, 6.07) is 6.25. The molecule has 1 aliphatic heterocycles. The average molecular weight is 432 g/mol. The van der Waals surface area contributed by atoms with E-state index in [2.05, 4.69) is 39.0 Å². The van der Waals surface area contributed by atoms with Crippen LogP contribution >= 0.6 is 0 Å². The van der Waals surface area contributed by atoms with E-state index in [4.69, 9.17) is 4.99 Å². The normalized spacial score (nSPS) is 19.6. The third-order valence-electron chi connectivity index (χ3n) is 7.66. The molecule has 2 aliphatic carbocycles. The Morgan fingerprint density at radius 2 is 1.44 bits per heavy atom. The van der Waals surface area contributed by atoms with Gasteiger partial charge in [0.05, 0.1) is 5.70 Å². The van der Waals surface area contributed by atoms with Crippen LogP contribution in [0.5, 0.6) is 0 Å². The van der Waals surface area contributed by atoms with E-state index in [-0.39, 0.29) is 0 Å². The van der Waals surface area contributed by atoms with E-state index in [9.17, 15) is 8.63 Å². The summed E-state index contributed by atoms with van der Waals surface area (Å²) in [5.41, 5.74) is 12.6. The van der Waals surface area contributed by atoms with Gasteiger partial charge in [-0.3, -0.25) is 13.6 Å². The quantitative estimate of drug-likeness (QED) is 0.458. The van der Waals surface area contributed by atoms with Gasteiger partial charge in [0, 0.05) is 22.7 Å². The van der Waals surface area contributed by atoms with Crippen molar-refractivity contribution < 1.29 is 8.63 Å². The molecule has 1 aromatic carbocycles. The zero-order valence-electron chi connectivity index (χ0n) is 19.6. The zero-order valence-corrected chi connectivity index (χ0v) is 19.6. The number of fused-ring (bicyclic) bond motifs is 1. The first kappa shape index (κ1) is 21.4. The molecule has 32 heavy (non-hydrogen) atoms. The smallest absolute Gasteiger partial charge is 0.329 e. The number of aliphatic imine (C=N–C) groups is 1. The van der Waals surface area contributed by atoms with Gasteiger partial charge in [-0.05, 0) is 118 Å². The molecular weight excluding hydrogens is 401 g/mol. The molecule has 1 aromatic heterocycles. The first-order chi connectivity index (χ1) is 15.4. The van der Waals surface area contributed by atoms with Crippen LogP contribution in [-0.2, 0) is 12.8 Å². The number of nitrogens with zero attached hydrogens (tertiary/aromatic N) is 2. The van der Waals surface area contributed by atoms with Gasteiger partial charge in [0.2, 0.25) is 0 Å². The van der Waals surface area contributed by atoms with Gasteiger partial charge in [-0.15, -0.1) is 0 Å². The summed E-state index contributed by atoms with van der Waals surface area (Å²) in [4.78, 5) is 5.09. The number of hydrogen-bond donors (Lipinski definition) is 0. The number of aromatic nitrogens is 1. The lowest BCUT2D eigenvalue weighted by Gasteiger charge is -2.23. The summed E-state index contributed by atoms with van der Waals surface area (Å²) >= 11 is 0. The molecule has 166 valence electrons. The van der Waals surface area contributed by atoms with Crippen LogP contribution in [0, 0.1) is 20.8 Å². The molecule has 2 nitrogen and oxygen atoms in total. The summed E-state index contributed by atoms with van der Waals surface area (Å²) in [5, 5.41) is 0. The molecule has 0 fully saturated rings. The molecule has 0 amide bonds. The minimum absolute atomic E-state index is 0.718. The number of allylic oxidation sites excluding steroid dienone is 2. The van der Waals surface area contributed by atoms with Gasteiger partial charge in [-0.25, -0.2) is 0 Å². The minimum Gasteiger partial charge on any atom is -0.329 e. The number of hydrogen-bond acceptors (Lipinski definition) is 1. The average Bonchev–Trinajstić information content (AvgIpc) is 3.26. The Labute approximate surface area is 190 Å². The van der Waals surface area contributed by atoms with E-state index >= 15 is 0 Å². The lowest BCUT2D eigenvalue weighted by Crippen LogP contribution is -2.19. The molecular formula is C27H31BF2N2. The third kappa shape index (κ3) is 3.24. The van der Waals surface area contributed by atoms with E-state index in [1.807, 2.05) is 6.92 Å². The van der Waals surface area contributed by atoms with Gasteiger partial charge in [0.15, 0.2) is 0 Å². The Morgan fingerprint density at radius 3 is 2.09 bits per heavy atom. The predicted octanol–water partition coefficient (Wildman–Crippen LogP) is 7.17. The molecule has 0 saturated heterocycles. The van der Waals surface area contributed by atoms with Gasteiger partial charge in [-0.1, -0.05) is 18.2 Å². The van der Waals surface area contributed by atoms with Gasteiger partial charge >= 0.3 is 7.40 Å². The summed E-state index contributed by atoms with van der Waals surface area (Å²) in [6.45, 7) is 8.16. The molecule has 0 N–H and O–H groups in total. The standard InChI is InChI=1S/C27H31BF2N2/c1-16-10-9-11-17(2)24(16)25(26-22-14-7-5-12-20(22)18(3)31-26)27-23-15-8-6-13-21(23)19(4)32(27)28(29)30/h9-11H,5-8,12-15H2,1-4H3/b26-25-. The van der Waals surface area contributed by atoms with Crippen LogP contribution in [-0.4, -0.2) is 17.6 Å². The molecule has 5 heteroatoms. The fourth-order valence-electron chi connectivity index (χ4n) is 6.17. The first-order valence-electron chi connectivity index (χ1n) is 12.0. The summed E-state index contributed by atoms with van der Waals surface area (Å²) in [6.07, 6.45) is 8.22. The van der Waals surface area contributed by atoms with E-state index in [1.54, 1.807) is 0 Å². The maximum absolute atomic E-state index is 14.6. The topological polar surface area (TPSA) is 17.3 Å². The second-order valence-corrected chi connectivity index (χ2v) is 9.60. The van der Waals surface area contributed by atoms with Crippen LogP contribution in [0.4, 0.5) is 8.63 Å². The van der Waals surface area contributed by atoms with Crippen molar-refractivity contribution >= 4 is 18.7 Å². The van der Waals surface area contributed by atoms with Crippen molar-refractivity contribution in [3.05, 3.63) is 74.2 Å². The maximum atomic E-state index is 14.6. The van der Waals surface area contributed by atoms with Crippen LogP contribution in [0.15, 0.2) is 40.0 Å². The van der Waals surface area contributed by atoms with Crippen molar-refractivity contribution in [3.63, 3.8) is 0 Å². The highest BCUT2D eigenvalue weighted by Gasteiger charge is 2.36. The molecule has 2 aromatic rings. The monoisotopic (exact) mass is 432 g/mol. The van der Waals surface area contributed by atoms with Crippen molar-refractivity contribution in [2.24, 2.45) is 4.99 Å². The Bertz CT molecular complexity index is 1180. The van der Waals surface area contributed by atoms with Crippen molar-refractivity contribution in [2.75, 3.05) is 0 Å². The predicted molar refractivity (Wildman–Crippen MR) is 130 cm³/mol. The molecule has 0 bridgehead atoms. The molecule has 2 heterocycles. The Morgan fingerprint density at radius 1 is 0.844 bits per heavy atom. The Hall–Kier alpha value is -2.43. The lowest BCUT2D eigenvalue weighted by molar-refractivity contribution is 0.623. The Balaban J connectivity index is 1.93. The highest BCUT2D eigenvalue weighted by molar-refractivity contribution is 6.41. The van der Waals surface area contributed by atoms with Gasteiger partial charge in [0.1, 0.15) is 0 Å². The van der Waals surface area contributed by atoms with Gasteiger partial charge < -0.3 is 4.48 Å². The van der Waals surface area contributed by atoms with Crippen LogP contribution in [0.1, 0.15) is 84.7 Å². The lowest BCUT2D eigenvalue weighted by atomic mass is 9.83. The number of halogens is 2. The first-order valence-corrected chi connectivity index (χ1v) is 12.0. The van der Waals surface area contributed by atoms with Crippen LogP contribution < -0.4 is 0 Å². The van der Waals surface area contributed by atoms with Gasteiger partial charge in [0.25, 0.3) is 0 Å². The van der Waals surface area contributed by atoms with Crippen LogP contribution in [0.3, 0.4) is 0 Å². The SMILES string of the molecule is CC1=N/C(=C(/c2c(C)cccc2C)c2c3c(c(C)n2B(F)F)CCCC3)C2=C1CCCC2. The van der Waals surface area contributed by atoms with Crippen molar-refractivity contribution in [1.29, 1.82) is 0 Å². The second kappa shape index (κ2) is 8.17. The molecule has 0 unspecified atom stereocenters. The second-order valence-electron chi connectivity index (χ2n) is 9.60. The molecule has 0 saturated carbocycles. The summed E-state index contributed by atoms with van der Waals surface area (Å²) in [7, 11) is -2.57. The van der Waals surface area contributed by atoms with E-state index < -0.39 is 7.40 Å². The van der Waals surface area contributed by atoms with Crippen LogP contribution in [0.2, 0.25) is 0 Å². The summed E-state index contributed by atoms with van der Waals surface area (Å²) < 4.78 is 30.6. The molecule has 3 aliphatic rings. The number of aryl methyl sites for hydroxylation is 2. The van der Waals surface area contributed by atoms with Crippen molar-refractivity contribution in [1.82, 2.24) is 4.48 Å². The van der Waals surface area contributed by atoms with Crippen LogP contribution in [0.25, 0.3) is 5.57 Å².